The molecule has 0 unspecified atom stereocenters. The molecule has 0 aliphatic rings. The fraction of sp³-hybridized carbons (Fsp3) is 0. The lowest BCUT2D eigenvalue weighted by molar-refractivity contribution is 0.103. The van der Waals surface area contributed by atoms with Gasteiger partial charge in [0.2, 0.25) is 0 Å². The second-order valence-electron chi connectivity index (χ2n) is 11.3. The minimum absolute atomic E-state index is 0.0427. The van der Waals surface area contributed by atoms with E-state index in [-0.39, 0.29) is 5.78 Å². The zero-order valence-electron chi connectivity index (χ0n) is 24.1. The highest BCUT2D eigenvalue weighted by atomic mass is 16.1. The van der Waals surface area contributed by atoms with E-state index in [9.17, 15) is 4.79 Å². The van der Waals surface area contributed by atoms with Crippen molar-refractivity contribution in [1.82, 2.24) is 0 Å². The summed E-state index contributed by atoms with van der Waals surface area (Å²) in [6.45, 7) is 0. The first-order valence-corrected chi connectivity index (χ1v) is 15.0. The Bertz CT molecular complexity index is 2320. The second kappa shape index (κ2) is 10.8. The zero-order valence-corrected chi connectivity index (χ0v) is 24.1. The molecular weight excluding hydrogens is 532 g/mol. The third-order valence-electron chi connectivity index (χ3n) is 8.63. The van der Waals surface area contributed by atoms with E-state index < -0.39 is 0 Å². The molecule has 0 spiro atoms. The quantitative estimate of drug-likeness (QED) is 0.151. The highest BCUT2D eigenvalue weighted by Gasteiger charge is 2.12. The third kappa shape index (κ3) is 4.65. The average molecular weight is 561 g/mol. The molecule has 8 rings (SSSR count). The molecule has 206 valence electrons. The Morgan fingerprint density at radius 2 is 0.795 bits per heavy atom. The summed E-state index contributed by atoms with van der Waals surface area (Å²) in [6, 6.07) is 59.2. The van der Waals surface area contributed by atoms with Gasteiger partial charge in [0.25, 0.3) is 0 Å². The molecule has 1 nitrogen and oxygen atoms in total. The fourth-order valence-electron chi connectivity index (χ4n) is 6.32. The maximum atomic E-state index is 12.9. The predicted octanol–water partition coefficient (Wildman–Crippen LogP) is 11.4. The molecule has 8 aromatic carbocycles. The molecule has 0 radical (unpaired) electrons. The average Bonchev–Trinajstić information content (AvgIpc) is 3.11. The number of rotatable bonds is 5. The minimum Gasteiger partial charge on any atom is -0.289 e. The van der Waals surface area contributed by atoms with Crippen LogP contribution in [0.4, 0.5) is 0 Å². The normalized spacial score (nSPS) is 11.3. The first-order chi connectivity index (χ1) is 21.7. The molecular formula is C43H28O. The first-order valence-electron chi connectivity index (χ1n) is 15.0. The van der Waals surface area contributed by atoms with Crippen molar-refractivity contribution in [3.8, 4) is 33.4 Å². The van der Waals surface area contributed by atoms with Crippen LogP contribution in [0.15, 0.2) is 170 Å². The fourth-order valence-corrected chi connectivity index (χ4v) is 6.32. The van der Waals surface area contributed by atoms with Gasteiger partial charge in [-0.25, -0.2) is 0 Å². The molecule has 8 aromatic rings. The van der Waals surface area contributed by atoms with Crippen LogP contribution in [0.3, 0.4) is 0 Å². The summed E-state index contributed by atoms with van der Waals surface area (Å²) in [6.07, 6.45) is 0. The number of hydrogen-bond acceptors (Lipinski definition) is 1. The van der Waals surface area contributed by atoms with Gasteiger partial charge in [0, 0.05) is 11.1 Å². The van der Waals surface area contributed by atoms with E-state index in [1.807, 2.05) is 54.6 Å². The summed E-state index contributed by atoms with van der Waals surface area (Å²) < 4.78 is 0. The van der Waals surface area contributed by atoms with Gasteiger partial charge in [-0.2, -0.15) is 0 Å². The molecule has 1 heteroatoms. The Morgan fingerprint density at radius 1 is 0.318 bits per heavy atom. The summed E-state index contributed by atoms with van der Waals surface area (Å²) in [5.74, 6) is 0.0427. The number of hydrogen-bond donors (Lipinski definition) is 0. The van der Waals surface area contributed by atoms with Gasteiger partial charge in [-0.3, -0.25) is 4.79 Å². The van der Waals surface area contributed by atoms with Crippen LogP contribution in [0.1, 0.15) is 15.9 Å². The van der Waals surface area contributed by atoms with Crippen LogP contribution >= 0.6 is 0 Å². The lowest BCUT2D eigenvalue weighted by Crippen LogP contribution is -2.00. The maximum absolute atomic E-state index is 12.9. The van der Waals surface area contributed by atoms with E-state index in [4.69, 9.17) is 0 Å². The number of ketones is 1. The Kier molecular flexibility index (Phi) is 6.35. The van der Waals surface area contributed by atoms with E-state index in [2.05, 4.69) is 115 Å². The van der Waals surface area contributed by atoms with Crippen molar-refractivity contribution in [3.63, 3.8) is 0 Å². The van der Waals surface area contributed by atoms with E-state index in [0.717, 1.165) is 11.1 Å². The van der Waals surface area contributed by atoms with Gasteiger partial charge in [0.15, 0.2) is 5.78 Å². The molecule has 0 aliphatic heterocycles. The van der Waals surface area contributed by atoms with Crippen LogP contribution in [0.2, 0.25) is 0 Å². The molecule has 0 amide bonds. The van der Waals surface area contributed by atoms with Crippen molar-refractivity contribution in [2.75, 3.05) is 0 Å². The van der Waals surface area contributed by atoms with Crippen LogP contribution in [-0.2, 0) is 0 Å². The number of carbonyl (C=O) groups excluding carboxylic acids is 1. The monoisotopic (exact) mass is 560 g/mol. The molecule has 44 heavy (non-hydrogen) atoms. The van der Waals surface area contributed by atoms with Gasteiger partial charge < -0.3 is 0 Å². The van der Waals surface area contributed by atoms with Crippen LogP contribution in [-0.4, -0.2) is 5.78 Å². The Balaban J connectivity index is 1.16. The summed E-state index contributed by atoms with van der Waals surface area (Å²) in [4.78, 5) is 12.9. The van der Waals surface area contributed by atoms with Crippen LogP contribution in [0.5, 0.6) is 0 Å². The maximum Gasteiger partial charge on any atom is 0.193 e. The number of carbonyl (C=O) groups is 1. The summed E-state index contributed by atoms with van der Waals surface area (Å²) in [7, 11) is 0. The topological polar surface area (TPSA) is 17.1 Å². The van der Waals surface area contributed by atoms with Gasteiger partial charge in [-0.15, -0.1) is 0 Å². The van der Waals surface area contributed by atoms with Gasteiger partial charge in [0.1, 0.15) is 0 Å². The van der Waals surface area contributed by atoms with Crippen molar-refractivity contribution in [2.24, 2.45) is 0 Å². The number of benzene rings is 8. The summed E-state index contributed by atoms with van der Waals surface area (Å²) in [5, 5.41) is 7.38. The van der Waals surface area contributed by atoms with E-state index in [0.29, 0.717) is 11.1 Å². The molecule has 0 N–H and O–H groups in total. The van der Waals surface area contributed by atoms with Crippen molar-refractivity contribution < 1.29 is 4.79 Å². The molecule has 0 fully saturated rings. The van der Waals surface area contributed by atoms with Crippen molar-refractivity contribution in [3.05, 3.63) is 181 Å². The molecule has 0 aromatic heterocycles. The smallest absolute Gasteiger partial charge is 0.193 e. The van der Waals surface area contributed by atoms with Crippen LogP contribution in [0.25, 0.3) is 65.7 Å². The molecule has 0 heterocycles. The molecule has 0 saturated heterocycles. The summed E-state index contributed by atoms with van der Waals surface area (Å²) >= 11 is 0. The summed E-state index contributed by atoms with van der Waals surface area (Å²) in [5.41, 5.74) is 8.54. The van der Waals surface area contributed by atoms with Crippen LogP contribution in [0, 0.1) is 0 Å². The van der Waals surface area contributed by atoms with E-state index >= 15 is 0 Å². The Labute approximate surface area is 256 Å². The SMILES string of the molecule is O=C(c1ccccc1)c1ccc(-c2ccc3c(ccc4cc(-c5cc6ccccc6cc5-c5ccccc5)ccc43)c2)cc1. The van der Waals surface area contributed by atoms with Crippen molar-refractivity contribution >= 4 is 38.1 Å². The van der Waals surface area contributed by atoms with Gasteiger partial charge in [0.05, 0.1) is 0 Å². The largest absolute Gasteiger partial charge is 0.289 e. The number of fused-ring (bicyclic) bond motifs is 4. The highest BCUT2D eigenvalue weighted by molar-refractivity contribution is 6.11. The lowest BCUT2D eigenvalue weighted by atomic mass is 9.90. The molecule has 0 atom stereocenters. The zero-order chi connectivity index (χ0) is 29.5. The van der Waals surface area contributed by atoms with Gasteiger partial charge >= 0.3 is 0 Å². The minimum atomic E-state index is 0.0427. The van der Waals surface area contributed by atoms with Crippen molar-refractivity contribution in [2.45, 2.75) is 0 Å². The molecule has 0 saturated carbocycles. The third-order valence-corrected chi connectivity index (χ3v) is 8.63. The highest BCUT2D eigenvalue weighted by Crippen LogP contribution is 2.38. The van der Waals surface area contributed by atoms with Gasteiger partial charge in [-0.1, -0.05) is 146 Å². The Hall–Kier alpha value is -5.79. The van der Waals surface area contributed by atoms with E-state index in [1.54, 1.807) is 0 Å². The van der Waals surface area contributed by atoms with Crippen molar-refractivity contribution in [1.29, 1.82) is 0 Å². The Morgan fingerprint density at radius 3 is 1.43 bits per heavy atom. The lowest BCUT2D eigenvalue weighted by Gasteiger charge is -2.14. The second-order valence-corrected chi connectivity index (χ2v) is 11.3. The first kappa shape index (κ1) is 25.9. The van der Waals surface area contributed by atoms with Crippen LogP contribution < -0.4 is 0 Å². The predicted molar refractivity (Wildman–Crippen MR) is 185 cm³/mol. The van der Waals surface area contributed by atoms with Gasteiger partial charge in [-0.05, 0) is 90.0 Å². The molecule has 0 bridgehead atoms. The van der Waals surface area contributed by atoms with E-state index in [1.165, 1.54) is 54.6 Å². The molecule has 0 aliphatic carbocycles. The standard InChI is InChI=1S/C43H28O/c44-43(31-11-5-2-6-12-31)32-17-15-29(16-18-32)35-21-23-39-36(25-35)19-20-37-26-38(22-24-40(37)39)42-28-34-14-8-7-13-33(34)27-41(42)30-9-3-1-4-10-30/h1-28H.